The van der Waals surface area contributed by atoms with E-state index >= 15 is 0 Å². The SMILES string of the molecule is CCOC(=O)C1=C(c2ccccc2)N=c2s/c(=C/c3cc(Br)ccc3OC(C)C)c(=O)n2[C@@H]1c1ccc(OC)c(OC)c1. The molecule has 4 aromatic rings. The number of benzene rings is 3. The van der Waals surface area contributed by atoms with Gasteiger partial charge in [-0.25, -0.2) is 9.79 Å². The van der Waals surface area contributed by atoms with Gasteiger partial charge >= 0.3 is 5.97 Å². The Morgan fingerprint density at radius 2 is 1.74 bits per heavy atom. The van der Waals surface area contributed by atoms with Crippen LogP contribution < -0.4 is 29.1 Å². The van der Waals surface area contributed by atoms with Gasteiger partial charge in [0.25, 0.3) is 5.56 Å². The highest BCUT2D eigenvalue weighted by atomic mass is 79.9. The van der Waals surface area contributed by atoms with E-state index in [0.717, 1.165) is 15.6 Å². The molecule has 0 unspecified atom stereocenters. The Morgan fingerprint density at radius 3 is 2.42 bits per heavy atom. The normalized spacial score (nSPS) is 14.8. The average molecular weight is 664 g/mol. The molecule has 222 valence electrons. The zero-order valence-electron chi connectivity index (χ0n) is 24.4. The molecule has 1 aromatic heterocycles. The monoisotopic (exact) mass is 662 g/mol. The lowest BCUT2D eigenvalue weighted by Gasteiger charge is -2.26. The number of thiazole rings is 1. The highest BCUT2D eigenvalue weighted by molar-refractivity contribution is 9.10. The number of aromatic nitrogens is 1. The van der Waals surface area contributed by atoms with Gasteiger partial charge in [0.05, 0.1) is 48.8 Å². The maximum absolute atomic E-state index is 14.3. The summed E-state index contributed by atoms with van der Waals surface area (Å²) in [7, 11) is 3.09. The molecule has 1 atom stereocenters. The Morgan fingerprint density at radius 1 is 1.02 bits per heavy atom. The van der Waals surface area contributed by atoms with E-state index in [4.69, 9.17) is 23.9 Å². The van der Waals surface area contributed by atoms with Crippen LogP contribution in [0.1, 0.15) is 43.5 Å². The second-order valence-electron chi connectivity index (χ2n) is 9.89. The smallest absolute Gasteiger partial charge is 0.338 e. The summed E-state index contributed by atoms with van der Waals surface area (Å²) in [5, 5.41) is 0. The number of hydrogen-bond acceptors (Lipinski definition) is 8. The first-order valence-electron chi connectivity index (χ1n) is 13.7. The standard InChI is InChI=1S/C33H31BrN2O6S/c1-6-41-32(38)28-29(20-10-8-7-9-11-20)35-33-36(30(28)21-12-14-25(39-4)26(17-21)40-5)31(37)27(43-33)18-22-16-23(34)13-15-24(22)42-19(2)3/h7-19,30H,6H2,1-5H3/b27-18+/t30-/m1/s1. The molecular formula is C33H31BrN2O6S. The van der Waals surface area contributed by atoms with Gasteiger partial charge in [-0.2, -0.15) is 0 Å². The van der Waals surface area contributed by atoms with Gasteiger partial charge in [0.15, 0.2) is 16.3 Å². The Balaban J connectivity index is 1.84. The lowest BCUT2D eigenvalue weighted by atomic mass is 9.93. The molecular weight excluding hydrogens is 632 g/mol. The van der Waals surface area contributed by atoms with Crippen molar-refractivity contribution in [2.75, 3.05) is 20.8 Å². The zero-order valence-corrected chi connectivity index (χ0v) is 26.8. The number of halogens is 1. The molecule has 0 radical (unpaired) electrons. The molecule has 0 bridgehead atoms. The van der Waals surface area contributed by atoms with Crippen molar-refractivity contribution >= 4 is 45.0 Å². The van der Waals surface area contributed by atoms with E-state index in [0.29, 0.717) is 37.8 Å². The van der Waals surface area contributed by atoms with E-state index in [1.54, 1.807) is 43.9 Å². The number of carbonyl (C=O) groups is 1. The number of esters is 1. The van der Waals surface area contributed by atoms with Gasteiger partial charge < -0.3 is 18.9 Å². The predicted octanol–water partition coefficient (Wildman–Crippen LogP) is 5.50. The van der Waals surface area contributed by atoms with Crippen LogP contribution in [0.15, 0.2) is 86.6 Å². The fourth-order valence-corrected chi connectivity index (χ4v) is 6.28. The quantitative estimate of drug-likeness (QED) is 0.220. The molecule has 2 heterocycles. The highest BCUT2D eigenvalue weighted by Gasteiger charge is 2.35. The van der Waals surface area contributed by atoms with Crippen molar-refractivity contribution in [2.45, 2.75) is 32.9 Å². The van der Waals surface area contributed by atoms with Crippen LogP contribution in [0.5, 0.6) is 17.2 Å². The van der Waals surface area contributed by atoms with Crippen molar-refractivity contribution in [3.05, 3.63) is 113 Å². The van der Waals surface area contributed by atoms with Crippen molar-refractivity contribution in [1.82, 2.24) is 4.57 Å². The van der Waals surface area contributed by atoms with Crippen LogP contribution in [0.25, 0.3) is 11.8 Å². The molecule has 8 nitrogen and oxygen atoms in total. The van der Waals surface area contributed by atoms with E-state index in [2.05, 4.69) is 15.9 Å². The number of hydrogen-bond donors (Lipinski definition) is 0. The van der Waals surface area contributed by atoms with Gasteiger partial charge in [-0.15, -0.1) is 0 Å². The van der Waals surface area contributed by atoms with Crippen molar-refractivity contribution in [2.24, 2.45) is 4.99 Å². The van der Waals surface area contributed by atoms with Gasteiger partial charge in [0, 0.05) is 15.6 Å². The number of ether oxygens (including phenoxy) is 4. The summed E-state index contributed by atoms with van der Waals surface area (Å²) >= 11 is 4.78. The molecule has 0 saturated heterocycles. The number of fused-ring (bicyclic) bond motifs is 1. The van der Waals surface area contributed by atoms with Crippen LogP contribution in [-0.2, 0) is 9.53 Å². The van der Waals surface area contributed by atoms with Gasteiger partial charge in [0.1, 0.15) is 5.75 Å². The molecule has 0 N–H and O–H groups in total. The molecule has 0 fully saturated rings. The minimum Gasteiger partial charge on any atom is -0.493 e. The molecule has 10 heteroatoms. The first-order chi connectivity index (χ1) is 20.7. The Hall–Kier alpha value is -4.15. The Labute approximate surface area is 261 Å². The van der Waals surface area contributed by atoms with Crippen molar-refractivity contribution < 1.29 is 23.7 Å². The molecule has 0 saturated carbocycles. The molecule has 1 aliphatic rings. The Bertz CT molecular complexity index is 1880. The van der Waals surface area contributed by atoms with Crippen LogP contribution >= 0.6 is 27.3 Å². The van der Waals surface area contributed by atoms with Crippen molar-refractivity contribution in [1.29, 1.82) is 0 Å². The van der Waals surface area contributed by atoms with Crippen LogP contribution in [-0.4, -0.2) is 37.5 Å². The van der Waals surface area contributed by atoms with Crippen molar-refractivity contribution in [3.63, 3.8) is 0 Å². The molecule has 1 aliphatic heterocycles. The first-order valence-corrected chi connectivity index (χ1v) is 15.3. The van der Waals surface area contributed by atoms with E-state index in [9.17, 15) is 9.59 Å². The van der Waals surface area contributed by atoms with Crippen LogP contribution in [0, 0.1) is 0 Å². The fraction of sp³-hybridized carbons (Fsp3) is 0.242. The van der Waals surface area contributed by atoms with Gasteiger partial charge in [-0.1, -0.05) is 63.7 Å². The Kier molecular flexibility index (Phi) is 9.17. The third-order valence-corrected chi connectivity index (χ3v) is 8.19. The summed E-state index contributed by atoms with van der Waals surface area (Å²) < 4.78 is 25.5. The average Bonchev–Trinajstić information content (AvgIpc) is 3.31. The van der Waals surface area contributed by atoms with Gasteiger partial charge in [-0.05, 0) is 62.7 Å². The molecule has 43 heavy (non-hydrogen) atoms. The highest BCUT2D eigenvalue weighted by Crippen LogP contribution is 2.38. The summed E-state index contributed by atoms with van der Waals surface area (Å²) in [5.41, 5.74) is 2.51. The third kappa shape index (κ3) is 6.16. The summed E-state index contributed by atoms with van der Waals surface area (Å²) in [6.07, 6.45) is 1.74. The second kappa shape index (κ2) is 13.0. The maximum atomic E-state index is 14.3. The van der Waals surface area contributed by atoms with Crippen LogP contribution in [0.4, 0.5) is 0 Å². The largest absolute Gasteiger partial charge is 0.493 e. The van der Waals surface area contributed by atoms with Crippen LogP contribution in [0.2, 0.25) is 0 Å². The summed E-state index contributed by atoms with van der Waals surface area (Å²) in [5.74, 6) is 1.08. The van der Waals surface area contributed by atoms with E-state index < -0.39 is 12.0 Å². The van der Waals surface area contributed by atoms with E-state index in [1.165, 1.54) is 11.3 Å². The zero-order chi connectivity index (χ0) is 30.7. The van der Waals surface area contributed by atoms with Gasteiger partial charge in [0.2, 0.25) is 0 Å². The number of rotatable bonds is 9. The van der Waals surface area contributed by atoms with E-state index in [-0.39, 0.29) is 23.8 Å². The number of carbonyl (C=O) groups excluding carboxylic acids is 1. The summed E-state index contributed by atoms with van der Waals surface area (Å²) in [6, 6.07) is 19.6. The number of nitrogens with zero attached hydrogens (tertiary/aromatic N) is 2. The minimum atomic E-state index is -0.846. The lowest BCUT2D eigenvalue weighted by molar-refractivity contribution is -0.138. The predicted molar refractivity (Wildman–Crippen MR) is 171 cm³/mol. The topological polar surface area (TPSA) is 88.4 Å². The van der Waals surface area contributed by atoms with Gasteiger partial charge in [-0.3, -0.25) is 9.36 Å². The fourth-order valence-electron chi connectivity index (χ4n) is 4.91. The number of methoxy groups -OCH3 is 2. The maximum Gasteiger partial charge on any atom is 0.338 e. The molecule has 0 aliphatic carbocycles. The summed E-state index contributed by atoms with van der Waals surface area (Å²) in [4.78, 5) is 33.3. The van der Waals surface area contributed by atoms with Crippen molar-refractivity contribution in [3.8, 4) is 17.2 Å². The van der Waals surface area contributed by atoms with Crippen LogP contribution in [0.3, 0.4) is 0 Å². The first kappa shape index (κ1) is 30.3. The van der Waals surface area contributed by atoms with E-state index in [1.807, 2.05) is 68.4 Å². The second-order valence-corrected chi connectivity index (χ2v) is 11.8. The third-order valence-electron chi connectivity index (χ3n) is 6.72. The summed E-state index contributed by atoms with van der Waals surface area (Å²) in [6.45, 7) is 5.81. The minimum absolute atomic E-state index is 0.0554. The molecule has 0 spiro atoms. The molecule has 3 aromatic carbocycles. The molecule has 5 rings (SSSR count). The molecule has 0 amide bonds. The lowest BCUT2D eigenvalue weighted by Crippen LogP contribution is -2.40.